The van der Waals surface area contributed by atoms with E-state index in [0.29, 0.717) is 6.61 Å². The van der Waals surface area contributed by atoms with Crippen molar-refractivity contribution in [2.45, 2.75) is 6.61 Å². The van der Waals surface area contributed by atoms with Gasteiger partial charge in [-0.3, -0.25) is 0 Å². The van der Waals surface area contributed by atoms with Gasteiger partial charge in [0.1, 0.15) is 12.8 Å². The predicted octanol–water partition coefficient (Wildman–Crippen LogP) is 4.52. The van der Waals surface area contributed by atoms with E-state index in [-0.39, 0.29) is 0 Å². The van der Waals surface area contributed by atoms with Gasteiger partial charge in [-0.2, -0.15) is 0 Å². The summed E-state index contributed by atoms with van der Waals surface area (Å²) in [5.74, 6) is 0. The number of halogens is 1. The van der Waals surface area contributed by atoms with Gasteiger partial charge in [-0.1, -0.05) is 70.1 Å². The van der Waals surface area contributed by atoms with Crippen LogP contribution in [0.25, 0.3) is 6.08 Å². The second-order valence-electron chi connectivity index (χ2n) is 3.93. The minimum Gasteiger partial charge on any atom is -0.390 e. The molecule has 0 atom stereocenters. The normalized spacial score (nSPS) is 10.6. The van der Waals surface area contributed by atoms with Crippen molar-refractivity contribution < 1.29 is 4.84 Å². The Morgan fingerprint density at radius 3 is 2.68 bits per heavy atom. The first-order chi connectivity index (χ1) is 9.28. The zero-order chi connectivity index (χ0) is 13.5. The zero-order valence-electron chi connectivity index (χ0n) is 10.3. The highest BCUT2D eigenvalue weighted by atomic mass is 79.9. The van der Waals surface area contributed by atoms with Gasteiger partial charge >= 0.3 is 0 Å². The lowest BCUT2D eigenvalue weighted by atomic mass is 10.1. The molecule has 3 heteroatoms. The fraction of sp³-hybridized carbons (Fsp3) is 0.0625. The summed E-state index contributed by atoms with van der Waals surface area (Å²) in [6, 6.07) is 15.7. The van der Waals surface area contributed by atoms with Crippen LogP contribution in [0.15, 0.2) is 64.7 Å². The van der Waals surface area contributed by atoms with E-state index < -0.39 is 0 Å². The van der Waals surface area contributed by atoms with E-state index in [2.05, 4.69) is 33.9 Å². The Bertz CT molecular complexity index is 576. The molecular weight excluding hydrogens is 302 g/mol. The minimum atomic E-state index is 0.429. The van der Waals surface area contributed by atoms with Gasteiger partial charge in [-0.25, -0.2) is 0 Å². The SMILES string of the molecule is C=Cc1ccc(CO/N=[C]\c2cccc(Br)c2)cc1. The molecule has 2 aromatic carbocycles. The third kappa shape index (κ3) is 4.38. The van der Waals surface area contributed by atoms with Gasteiger partial charge in [-0.15, -0.1) is 0 Å². The van der Waals surface area contributed by atoms with E-state index in [9.17, 15) is 0 Å². The highest BCUT2D eigenvalue weighted by Gasteiger charge is 1.93. The van der Waals surface area contributed by atoms with Gasteiger partial charge in [0.2, 0.25) is 0 Å². The maximum absolute atomic E-state index is 5.21. The second kappa shape index (κ2) is 6.90. The lowest BCUT2D eigenvalue weighted by Gasteiger charge is -2.00. The van der Waals surface area contributed by atoms with Crippen molar-refractivity contribution >= 4 is 28.2 Å². The molecule has 0 fully saturated rings. The van der Waals surface area contributed by atoms with Crippen molar-refractivity contribution in [1.29, 1.82) is 0 Å². The summed E-state index contributed by atoms with van der Waals surface area (Å²) < 4.78 is 0.993. The summed E-state index contributed by atoms with van der Waals surface area (Å²) in [4.78, 5) is 5.21. The second-order valence-corrected chi connectivity index (χ2v) is 4.85. The summed E-state index contributed by atoms with van der Waals surface area (Å²) in [5.41, 5.74) is 3.02. The molecule has 0 N–H and O–H groups in total. The molecule has 0 amide bonds. The molecular formula is C16H13BrNO. The third-order valence-electron chi connectivity index (χ3n) is 2.51. The molecule has 0 saturated heterocycles. The Labute approximate surface area is 121 Å². The third-order valence-corrected chi connectivity index (χ3v) is 3.00. The minimum absolute atomic E-state index is 0.429. The highest BCUT2D eigenvalue weighted by Crippen LogP contribution is 2.10. The van der Waals surface area contributed by atoms with Crippen LogP contribution in [-0.2, 0) is 11.4 Å². The summed E-state index contributed by atoms with van der Waals surface area (Å²) in [6.07, 6.45) is 4.64. The smallest absolute Gasteiger partial charge is 0.142 e. The summed E-state index contributed by atoms with van der Waals surface area (Å²) in [7, 11) is 0. The van der Waals surface area contributed by atoms with Crippen LogP contribution in [0.2, 0.25) is 0 Å². The van der Waals surface area contributed by atoms with Crippen LogP contribution in [0.3, 0.4) is 0 Å². The van der Waals surface area contributed by atoms with Gasteiger partial charge in [0.15, 0.2) is 0 Å². The molecule has 0 spiro atoms. The maximum Gasteiger partial charge on any atom is 0.142 e. The number of hydrogen-bond acceptors (Lipinski definition) is 2. The van der Waals surface area contributed by atoms with Crippen LogP contribution in [0.1, 0.15) is 16.7 Å². The average molecular weight is 315 g/mol. The van der Waals surface area contributed by atoms with Crippen LogP contribution in [0.5, 0.6) is 0 Å². The van der Waals surface area contributed by atoms with E-state index in [1.807, 2.05) is 54.6 Å². The molecule has 2 aromatic rings. The topological polar surface area (TPSA) is 21.6 Å². The van der Waals surface area contributed by atoms with Crippen molar-refractivity contribution in [3.8, 4) is 0 Å². The molecule has 0 heterocycles. The lowest BCUT2D eigenvalue weighted by molar-refractivity contribution is 0.132. The number of nitrogens with zero attached hydrogens (tertiary/aromatic N) is 1. The Morgan fingerprint density at radius 2 is 2.00 bits per heavy atom. The van der Waals surface area contributed by atoms with E-state index in [1.54, 1.807) is 0 Å². The van der Waals surface area contributed by atoms with Crippen LogP contribution in [0.4, 0.5) is 0 Å². The van der Waals surface area contributed by atoms with Gasteiger partial charge < -0.3 is 4.84 Å². The van der Waals surface area contributed by atoms with Crippen molar-refractivity contribution in [2.75, 3.05) is 0 Å². The van der Waals surface area contributed by atoms with Crippen molar-refractivity contribution in [3.05, 3.63) is 76.3 Å². The van der Waals surface area contributed by atoms with E-state index in [0.717, 1.165) is 21.2 Å². The molecule has 95 valence electrons. The summed E-state index contributed by atoms with van der Waals surface area (Å²) in [5, 5.41) is 3.83. The van der Waals surface area contributed by atoms with Gasteiger partial charge in [0, 0.05) is 10.0 Å². The van der Waals surface area contributed by atoms with E-state index >= 15 is 0 Å². The summed E-state index contributed by atoms with van der Waals surface area (Å²) >= 11 is 3.39. The number of benzene rings is 2. The van der Waals surface area contributed by atoms with Crippen LogP contribution >= 0.6 is 15.9 Å². The summed E-state index contributed by atoms with van der Waals surface area (Å²) in [6.45, 7) is 4.14. The Kier molecular flexibility index (Phi) is 4.93. The molecule has 0 aliphatic heterocycles. The number of hydrogen-bond donors (Lipinski definition) is 0. The van der Waals surface area contributed by atoms with E-state index in [4.69, 9.17) is 4.84 Å². The van der Waals surface area contributed by atoms with Crippen LogP contribution < -0.4 is 0 Å². The van der Waals surface area contributed by atoms with Gasteiger partial charge in [-0.05, 0) is 23.3 Å². The molecule has 2 nitrogen and oxygen atoms in total. The first-order valence-electron chi connectivity index (χ1n) is 5.83. The van der Waals surface area contributed by atoms with Crippen molar-refractivity contribution in [3.63, 3.8) is 0 Å². The standard InChI is InChI=1S/C16H13BrNO/c1-2-13-6-8-14(9-7-13)12-19-18-11-15-4-3-5-16(17)10-15/h2-10H,1,12H2. The molecule has 1 radical (unpaired) electrons. The molecule has 2 rings (SSSR count). The molecule has 0 aliphatic carbocycles. The molecule has 0 bridgehead atoms. The zero-order valence-corrected chi connectivity index (χ0v) is 11.9. The van der Waals surface area contributed by atoms with Gasteiger partial charge in [0.05, 0.1) is 0 Å². The van der Waals surface area contributed by atoms with E-state index in [1.165, 1.54) is 0 Å². The molecule has 0 aromatic heterocycles. The molecule has 0 aliphatic rings. The quantitative estimate of drug-likeness (QED) is 0.587. The largest absolute Gasteiger partial charge is 0.390 e. The predicted molar refractivity (Wildman–Crippen MR) is 82.0 cm³/mol. The van der Waals surface area contributed by atoms with Crippen molar-refractivity contribution in [2.24, 2.45) is 5.16 Å². The van der Waals surface area contributed by atoms with Crippen molar-refractivity contribution in [1.82, 2.24) is 0 Å². The first kappa shape index (κ1) is 13.6. The van der Waals surface area contributed by atoms with Crippen LogP contribution in [0, 0.1) is 0 Å². The fourth-order valence-corrected chi connectivity index (χ4v) is 1.90. The molecule has 0 saturated carbocycles. The number of rotatable bonds is 5. The fourth-order valence-electron chi connectivity index (χ4n) is 1.50. The average Bonchev–Trinajstić information content (AvgIpc) is 2.44. The highest BCUT2D eigenvalue weighted by molar-refractivity contribution is 9.10. The lowest BCUT2D eigenvalue weighted by Crippen LogP contribution is -1.88. The Hall–Kier alpha value is -1.87. The monoisotopic (exact) mass is 314 g/mol. The van der Waals surface area contributed by atoms with Crippen LogP contribution in [-0.4, -0.2) is 6.21 Å². The molecule has 19 heavy (non-hydrogen) atoms. The maximum atomic E-state index is 5.21. The Balaban J connectivity index is 1.87. The Morgan fingerprint density at radius 1 is 1.21 bits per heavy atom. The van der Waals surface area contributed by atoms with Gasteiger partial charge in [0.25, 0.3) is 0 Å². The molecule has 0 unspecified atom stereocenters. The first-order valence-corrected chi connectivity index (χ1v) is 6.62.